The van der Waals surface area contributed by atoms with Gasteiger partial charge in [0.1, 0.15) is 0 Å². The summed E-state index contributed by atoms with van der Waals surface area (Å²) in [7, 11) is 0. The van der Waals surface area contributed by atoms with Crippen LogP contribution in [-0.2, 0) is 6.54 Å². The summed E-state index contributed by atoms with van der Waals surface area (Å²) in [6.07, 6.45) is 5.00. The third kappa shape index (κ3) is 4.12. The van der Waals surface area contributed by atoms with E-state index in [-0.39, 0.29) is 0 Å². The molecule has 3 heteroatoms. The molecule has 1 aliphatic carbocycles. The van der Waals surface area contributed by atoms with Crippen molar-refractivity contribution >= 4 is 17.3 Å². The molecule has 106 valence electrons. The van der Waals surface area contributed by atoms with Crippen LogP contribution in [0.5, 0.6) is 0 Å². The third-order valence-corrected chi connectivity index (χ3v) is 3.91. The van der Waals surface area contributed by atoms with Crippen LogP contribution in [0.25, 0.3) is 0 Å². The Kier molecular flexibility index (Phi) is 5.53. The number of benzene rings is 1. The summed E-state index contributed by atoms with van der Waals surface area (Å²) < 4.78 is 0. The minimum absolute atomic E-state index is 0.750. The summed E-state index contributed by atoms with van der Waals surface area (Å²) in [6, 6.07) is 7.28. The zero-order valence-electron chi connectivity index (χ0n) is 12.1. The summed E-state index contributed by atoms with van der Waals surface area (Å²) in [5.74, 6) is 0. The Bertz CT molecular complexity index is 402. The second-order valence-corrected chi connectivity index (χ2v) is 5.78. The van der Waals surface area contributed by atoms with Crippen LogP contribution >= 0.6 is 11.6 Å². The van der Waals surface area contributed by atoms with Crippen LogP contribution in [0.15, 0.2) is 18.2 Å². The molecule has 1 fully saturated rings. The van der Waals surface area contributed by atoms with E-state index in [2.05, 4.69) is 42.3 Å². The molecule has 1 saturated carbocycles. The average Bonchev–Trinajstić information content (AvgIpc) is 3.22. The first-order chi connectivity index (χ1) is 9.26. The molecule has 0 unspecified atom stereocenters. The molecule has 0 atom stereocenters. The van der Waals surface area contributed by atoms with Gasteiger partial charge >= 0.3 is 0 Å². The highest BCUT2D eigenvalue weighted by Crippen LogP contribution is 2.33. The predicted molar refractivity (Wildman–Crippen MR) is 84.1 cm³/mol. The topological polar surface area (TPSA) is 15.3 Å². The lowest BCUT2D eigenvalue weighted by molar-refractivity contribution is 0.675. The number of anilines is 1. The summed E-state index contributed by atoms with van der Waals surface area (Å²) in [4.78, 5) is 2.51. The molecule has 0 radical (unpaired) electrons. The normalized spacial score (nSPS) is 14.7. The molecule has 0 spiro atoms. The monoisotopic (exact) mass is 280 g/mol. The van der Waals surface area contributed by atoms with E-state index >= 15 is 0 Å². The molecule has 1 aromatic rings. The van der Waals surface area contributed by atoms with Gasteiger partial charge in [0.15, 0.2) is 0 Å². The Labute approximate surface area is 122 Å². The first-order valence-electron chi connectivity index (χ1n) is 7.52. The quantitative estimate of drug-likeness (QED) is 0.717. The maximum Gasteiger partial charge on any atom is 0.0471 e. The van der Waals surface area contributed by atoms with Gasteiger partial charge in [-0.1, -0.05) is 31.5 Å². The molecule has 0 aromatic heterocycles. The van der Waals surface area contributed by atoms with E-state index in [1.165, 1.54) is 30.5 Å². The van der Waals surface area contributed by atoms with Crippen LogP contribution in [0.2, 0.25) is 5.02 Å². The number of rotatable bonds is 8. The average molecular weight is 281 g/mol. The van der Waals surface area contributed by atoms with Gasteiger partial charge in [-0.05, 0) is 49.9 Å². The summed E-state index contributed by atoms with van der Waals surface area (Å²) >= 11 is 6.41. The van der Waals surface area contributed by atoms with Gasteiger partial charge < -0.3 is 10.2 Å². The Balaban J connectivity index is 2.04. The number of nitrogens with zero attached hydrogens (tertiary/aromatic N) is 1. The van der Waals surface area contributed by atoms with Crippen molar-refractivity contribution in [3.05, 3.63) is 28.8 Å². The SMILES string of the molecule is CCCNCc1ccc(N(CCC)C2CC2)cc1Cl. The Morgan fingerprint density at radius 3 is 2.63 bits per heavy atom. The number of hydrogen-bond acceptors (Lipinski definition) is 2. The smallest absolute Gasteiger partial charge is 0.0471 e. The van der Waals surface area contributed by atoms with Crippen molar-refractivity contribution in [2.45, 2.75) is 52.1 Å². The second-order valence-electron chi connectivity index (χ2n) is 5.38. The molecular formula is C16H25ClN2. The highest BCUT2D eigenvalue weighted by atomic mass is 35.5. The molecule has 2 rings (SSSR count). The summed E-state index contributed by atoms with van der Waals surface area (Å²) in [5, 5.41) is 4.29. The van der Waals surface area contributed by atoms with Crippen molar-refractivity contribution in [2.75, 3.05) is 18.0 Å². The molecule has 0 bridgehead atoms. The van der Waals surface area contributed by atoms with Crippen LogP contribution in [0.1, 0.15) is 45.1 Å². The van der Waals surface area contributed by atoms with Crippen LogP contribution in [0.3, 0.4) is 0 Å². The first-order valence-corrected chi connectivity index (χ1v) is 7.89. The van der Waals surface area contributed by atoms with Gasteiger partial charge in [0.25, 0.3) is 0 Å². The number of hydrogen-bond donors (Lipinski definition) is 1. The number of halogens is 1. The van der Waals surface area contributed by atoms with E-state index in [1.54, 1.807) is 0 Å². The third-order valence-electron chi connectivity index (χ3n) is 3.56. The fraction of sp³-hybridized carbons (Fsp3) is 0.625. The van der Waals surface area contributed by atoms with E-state index < -0.39 is 0 Å². The Morgan fingerprint density at radius 1 is 1.26 bits per heavy atom. The lowest BCUT2D eigenvalue weighted by Gasteiger charge is -2.24. The van der Waals surface area contributed by atoms with Gasteiger partial charge in [-0.25, -0.2) is 0 Å². The van der Waals surface area contributed by atoms with E-state index in [4.69, 9.17) is 11.6 Å². The molecule has 2 nitrogen and oxygen atoms in total. The molecule has 1 aliphatic rings. The summed E-state index contributed by atoms with van der Waals surface area (Å²) in [5.41, 5.74) is 2.49. The molecule has 1 aromatic carbocycles. The second kappa shape index (κ2) is 7.16. The van der Waals surface area contributed by atoms with E-state index in [1.807, 2.05) is 0 Å². The van der Waals surface area contributed by atoms with Crippen LogP contribution in [0.4, 0.5) is 5.69 Å². The van der Waals surface area contributed by atoms with Crippen molar-refractivity contribution in [1.82, 2.24) is 5.32 Å². The van der Waals surface area contributed by atoms with Crippen molar-refractivity contribution in [1.29, 1.82) is 0 Å². The minimum Gasteiger partial charge on any atom is -0.369 e. The van der Waals surface area contributed by atoms with Crippen molar-refractivity contribution < 1.29 is 0 Å². The fourth-order valence-corrected chi connectivity index (χ4v) is 2.65. The minimum atomic E-state index is 0.750. The van der Waals surface area contributed by atoms with Gasteiger partial charge in [-0.3, -0.25) is 0 Å². The highest BCUT2D eigenvalue weighted by molar-refractivity contribution is 6.31. The Hall–Kier alpha value is -0.730. The molecule has 1 N–H and O–H groups in total. The highest BCUT2D eigenvalue weighted by Gasteiger charge is 2.28. The lowest BCUT2D eigenvalue weighted by Crippen LogP contribution is -2.26. The zero-order chi connectivity index (χ0) is 13.7. The van der Waals surface area contributed by atoms with Crippen LogP contribution in [-0.4, -0.2) is 19.1 Å². The lowest BCUT2D eigenvalue weighted by atomic mass is 10.1. The molecule has 0 saturated heterocycles. The van der Waals surface area contributed by atoms with Gasteiger partial charge in [0, 0.05) is 29.8 Å². The van der Waals surface area contributed by atoms with E-state index in [0.717, 1.165) is 37.1 Å². The van der Waals surface area contributed by atoms with Crippen molar-refractivity contribution in [2.24, 2.45) is 0 Å². The molecule has 0 aliphatic heterocycles. The predicted octanol–water partition coefficient (Wildman–Crippen LogP) is 4.22. The van der Waals surface area contributed by atoms with Gasteiger partial charge in [0.05, 0.1) is 0 Å². The molecular weight excluding hydrogens is 256 g/mol. The molecule has 19 heavy (non-hydrogen) atoms. The zero-order valence-corrected chi connectivity index (χ0v) is 12.8. The standard InChI is InChI=1S/C16H25ClN2/c1-3-9-18-12-13-5-6-15(11-16(13)17)19(10-4-2)14-7-8-14/h5-6,11,14,18H,3-4,7-10,12H2,1-2H3. The first kappa shape index (κ1) is 14.7. The largest absolute Gasteiger partial charge is 0.369 e. The van der Waals surface area contributed by atoms with Crippen molar-refractivity contribution in [3.8, 4) is 0 Å². The van der Waals surface area contributed by atoms with Gasteiger partial charge in [-0.15, -0.1) is 0 Å². The van der Waals surface area contributed by atoms with E-state index in [9.17, 15) is 0 Å². The van der Waals surface area contributed by atoms with Crippen LogP contribution in [0, 0.1) is 0 Å². The maximum absolute atomic E-state index is 6.41. The number of nitrogens with one attached hydrogen (secondary N) is 1. The summed E-state index contributed by atoms with van der Waals surface area (Å²) in [6.45, 7) is 7.46. The maximum atomic E-state index is 6.41. The van der Waals surface area contributed by atoms with Crippen molar-refractivity contribution in [3.63, 3.8) is 0 Å². The molecule has 0 amide bonds. The Morgan fingerprint density at radius 2 is 2.05 bits per heavy atom. The van der Waals surface area contributed by atoms with E-state index in [0.29, 0.717) is 0 Å². The molecule has 0 heterocycles. The van der Waals surface area contributed by atoms with Crippen LogP contribution < -0.4 is 10.2 Å². The fourth-order valence-electron chi connectivity index (χ4n) is 2.41. The van der Waals surface area contributed by atoms with Gasteiger partial charge in [-0.2, -0.15) is 0 Å². The van der Waals surface area contributed by atoms with Gasteiger partial charge in [0.2, 0.25) is 0 Å².